The second kappa shape index (κ2) is 12.1. The molecule has 0 saturated carbocycles. The van der Waals surface area contributed by atoms with Crippen LogP contribution in [0, 0.1) is 5.92 Å². The molecule has 188 valence electrons. The average Bonchev–Trinajstić information content (AvgIpc) is 2.87. The van der Waals surface area contributed by atoms with Crippen LogP contribution >= 0.6 is 35.0 Å². The molecule has 0 aliphatic carbocycles. The molecule has 0 N–H and O–H groups in total. The molecule has 2 fully saturated rings. The Morgan fingerprint density at radius 1 is 1.03 bits per heavy atom. The minimum Gasteiger partial charge on any atom is -0.466 e. The second-order valence-corrected chi connectivity index (χ2v) is 10.2. The number of halogens is 2. The Morgan fingerprint density at radius 2 is 1.74 bits per heavy atom. The number of hydrogen-bond donors (Lipinski definition) is 0. The molecule has 2 aliphatic rings. The Balaban J connectivity index is 1.29. The molecule has 35 heavy (non-hydrogen) atoms. The molecule has 8 nitrogen and oxygen atoms in total. The standard InChI is InChI=1S/C24H29Cl2N5O3S/c1-2-34-23(33)17-6-8-31(9-7-17)22(32)16-35-24-27-20(26)15-21(28-24)30-12-10-29(11-13-30)19-5-3-4-18(25)14-19/h3-5,14-15,17H,2,6-13,16H2,1H3. The predicted molar refractivity (Wildman–Crippen MR) is 140 cm³/mol. The number of piperidine rings is 1. The van der Waals surface area contributed by atoms with Gasteiger partial charge in [0.2, 0.25) is 5.91 Å². The van der Waals surface area contributed by atoms with Crippen LogP contribution in [-0.2, 0) is 14.3 Å². The number of carbonyl (C=O) groups is 2. The zero-order chi connectivity index (χ0) is 24.8. The van der Waals surface area contributed by atoms with Gasteiger partial charge in [-0.05, 0) is 38.0 Å². The molecule has 2 saturated heterocycles. The lowest BCUT2D eigenvalue weighted by atomic mass is 9.97. The van der Waals surface area contributed by atoms with E-state index in [1.54, 1.807) is 17.9 Å². The van der Waals surface area contributed by atoms with E-state index in [0.29, 0.717) is 42.8 Å². The van der Waals surface area contributed by atoms with Crippen LogP contribution in [-0.4, -0.2) is 78.4 Å². The summed E-state index contributed by atoms with van der Waals surface area (Å²) in [7, 11) is 0. The average molecular weight is 539 g/mol. The number of benzene rings is 1. The first-order valence-electron chi connectivity index (χ1n) is 11.8. The number of hydrogen-bond acceptors (Lipinski definition) is 8. The van der Waals surface area contributed by atoms with Crippen molar-refractivity contribution in [3.8, 4) is 0 Å². The molecule has 1 aromatic heterocycles. The van der Waals surface area contributed by atoms with E-state index in [1.807, 2.05) is 18.2 Å². The Labute approximate surface area is 219 Å². The van der Waals surface area contributed by atoms with Gasteiger partial charge in [0.15, 0.2) is 5.16 Å². The van der Waals surface area contributed by atoms with Gasteiger partial charge in [-0.2, -0.15) is 0 Å². The lowest BCUT2D eigenvalue weighted by Gasteiger charge is -2.36. The van der Waals surface area contributed by atoms with E-state index >= 15 is 0 Å². The van der Waals surface area contributed by atoms with Crippen molar-refractivity contribution >= 4 is 58.3 Å². The van der Waals surface area contributed by atoms with E-state index in [2.05, 4.69) is 25.8 Å². The van der Waals surface area contributed by atoms with Crippen LogP contribution in [0.1, 0.15) is 19.8 Å². The van der Waals surface area contributed by atoms with Gasteiger partial charge in [0, 0.05) is 56.0 Å². The third kappa shape index (κ3) is 6.92. The Kier molecular flexibility index (Phi) is 8.97. The minimum atomic E-state index is -0.165. The van der Waals surface area contributed by atoms with Crippen LogP contribution in [0.25, 0.3) is 0 Å². The highest BCUT2D eigenvalue weighted by molar-refractivity contribution is 7.99. The summed E-state index contributed by atoms with van der Waals surface area (Å²) in [5, 5.41) is 1.57. The largest absolute Gasteiger partial charge is 0.466 e. The van der Waals surface area contributed by atoms with Crippen molar-refractivity contribution in [3.05, 3.63) is 40.5 Å². The van der Waals surface area contributed by atoms with Gasteiger partial charge in [-0.1, -0.05) is 41.0 Å². The third-order valence-corrected chi connectivity index (χ3v) is 7.49. The number of piperazine rings is 1. The Hall–Kier alpha value is -2.23. The first-order valence-corrected chi connectivity index (χ1v) is 13.5. The number of nitrogens with zero attached hydrogens (tertiary/aromatic N) is 5. The number of ether oxygens (including phenoxy) is 1. The maximum atomic E-state index is 12.7. The molecule has 0 radical (unpaired) electrons. The highest BCUT2D eigenvalue weighted by atomic mass is 35.5. The molecule has 4 rings (SSSR count). The first kappa shape index (κ1) is 25.9. The molecule has 0 atom stereocenters. The van der Waals surface area contributed by atoms with Gasteiger partial charge in [-0.25, -0.2) is 9.97 Å². The number of thioether (sulfide) groups is 1. The van der Waals surface area contributed by atoms with Gasteiger partial charge in [-0.15, -0.1) is 0 Å². The second-order valence-electron chi connectivity index (χ2n) is 8.48. The van der Waals surface area contributed by atoms with Crippen molar-refractivity contribution < 1.29 is 14.3 Å². The van der Waals surface area contributed by atoms with Crippen molar-refractivity contribution in [1.29, 1.82) is 0 Å². The third-order valence-electron chi connectivity index (χ3n) is 6.23. The molecular formula is C24H29Cl2N5O3S. The number of aromatic nitrogens is 2. The molecule has 11 heteroatoms. The molecule has 2 aromatic rings. The van der Waals surface area contributed by atoms with E-state index < -0.39 is 0 Å². The number of carbonyl (C=O) groups excluding carboxylic acids is 2. The van der Waals surface area contributed by atoms with Crippen molar-refractivity contribution in [1.82, 2.24) is 14.9 Å². The number of amides is 1. The molecule has 0 spiro atoms. The summed E-state index contributed by atoms with van der Waals surface area (Å²) >= 11 is 13.7. The van der Waals surface area contributed by atoms with E-state index in [0.717, 1.165) is 42.7 Å². The summed E-state index contributed by atoms with van der Waals surface area (Å²) in [5.74, 6) is 0.720. The van der Waals surface area contributed by atoms with E-state index in [4.69, 9.17) is 27.9 Å². The van der Waals surface area contributed by atoms with Crippen LogP contribution < -0.4 is 9.80 Å². The Bertz CT molecular complexity index is 1040. The van der Waals surface area contributed by atoms with Crippen LogP contribution in [0.5, 0.6) is 0 Å². The van der Waals surface area contributed by atoms with Crippen molar-refractivity contribution in [2.45, 2.75) is 24.9 Å². The Morgan fingerprint density at radius 3 is 2.43 bits per heavy atom. The van der Waals surface area contributed by atoms with Gasteiger partial charge in [0.05, 0.1) is 18.3 Å². The van der Waals surface area contributed by atoms with E-state index in [1.165, 1.54) is 11.8 Å². The zero-order valence-corrected chi connectivity index (χ0v) is 22.0. The monoisotopic (exact) mass is 537 g/mol. The van der Waals surface area contributed by atoms with Crippen molar-refractivity contribution in [2.75, 3.05) is 61.4 Å². The number of anilines is 2. The quantitative estimate of drug-likeness (QED) is 0.227. The topological polar surface area (TPSA) is 78.9 Å². The van der Waals surface area contributed by atoms with Gasteiger partial charge >= 0.3 is 5.97 Å². The number of esters is 1. The molecule has 0 bridgehead atoms. The van der Waals surface area contributed by atoms with Crippen molar-refractivity contribution in [2.24, 2.45) is 5.92 Å². The summed E-state index contributed by atoms with van der Waals surface area (Å²) in [6.07, 6.45) is 1.27. The number of likely N-dealkylation sites (tertiary alicyclic amines) is 1. The molecule has 2 aliphatic heterocycles. The fraction of sp³-hybridized carbons (Fsp3) is 0.500. The summed E-state index contributed by atoms with van der Waals surface area (Å²) in [5.41, 5.74) is 1.11. The summed E-state index contributed by atoms with van der Waals surface area (Å²) < 4.78 is 5.10. The molecular weight excluding hydrogens is 509 g/mol. The van der Waals surface area contributed by atoms with Crippen LogP contribution in [0.15, 0.2) is 35.5 Å². The first-order chi connectivity index (χ1) is 16.9. The summed E-state index contributed by atoms with van der Waals surface area (Å²) in [6.45, 7) is 6.56. The summed E-state index contributed by atoms with van der Waals surface area (Å²) in [4.78, 5) is 39.9. The SMILES string of the molecule is CCOC(=O)C1CCN(C(=O)CSc2nc(Cl)cc(N3CCN(c4cccc(Cl)c4)CC3)n2)CC1. The van der Waals surface area contributed by atoms with Gasteiger partial charge < -0.3 is 19.4 Å². The summed E-state index contributed by atoms with van der Waals surface area (Å²) in [6, 6.07) is 9.64. The smallest absolute Gasteiger partial charge is 0.309 e. The van der Waals surface area contributed by atoms with Gasteiger partial charge in [0.1, 0.15) is 11.0 Å². The highest BCUT2D eigenvalue weighted by Crippen LogP contribution is 2.26. The minimum absolute atomic E-state index is 0.0116. The molecule has 1 amide bonds. The maximum Gasteiger partial charge on any atom is 0.309 e. The normalized spacial score (nSPS) is 16.9. The fourth-order valence-corrected chi connectivity index (χ4v) is 5.49. The number of rotatable bonds is 7. The molecule has 0 unspecified atom stereocenters. The molecule has 1 aromatic carbocycles. The van der Waals surface area contributed by atoms with Gasteiger partial charge in [-0.3, -0.25) is 9.59 Å². The van der Waals surface area contributed by atoms with E-state index in [-0.39, 0.29) is 23.5 Å². The molecule has 3 heterocycles. The predicted octanol–water partition coefficient (Wildman–Crippen LogP) is 4.00. The van der Waals surface area contributed by atoms with Gasteiger partial charge in [0.25, 0.3) is 0 Å². The van der Waals surface area contributed by atoms with Crippen molar-refractivity contribution in [3.63, 3.8) is 0 Å². The van der Waals surface area contributed by atoms with Crippen LogP contribution in [0.4, 0.5) is 11.5 Å². The lowest BCUT2D eigenvalue weighted by Crippen LogP contribution is -2.46. The van der Waals surface area contributed by atoms with E-state index in [9.17, 15) is 9.59 Å². The lowest BCUT2D eigenvalue weighted by molar-refractivity contribution is -0.151. The highest BCUT2D eigenvalue weighted by Gasteiger charge is 2.28. The zero-order valence-electron chi connectivity index (χ0n) is 19.7. The fourth-order valence-electron chi connectivity index (χ4n) is 4.32. The van der Waals surface area contributed by atoms with Crippen LogP contribution in [0.2, 0.25) is 10.2 Å². The van der Waals surface area contributed by atoms with Crippen LogP contribution in [0.3, 0.4) is 0 Å². The maximum absolute atomic E-state index is 12.7.